The van der Waals surface area contributed by atoms with Gasteiger partial charge in [-0.25, -0.2) is 4.98 Å². The van der Waals surface area contributed by atoms with E-state index in [9.17, 15) is 4.79 Å². The van der Waals surface area contributed by atoms with Crippen LogP contribution in [0.4, 0.5) is 0 Å². The molecule has 0 radical (unpaired) electrons. The zero-order valence-corrected chi connectivity index (χ0v) is 11.7. The quantitative estimate of drug-likeness (QED) is 0.875. The standard InChI is InChI=1S/C16H18N4O/c21-16(5-4-13-6-8-17-9-7-13)19-14-2-1-3-15(14)20-11-10-18-12-20/h4-12,14-15H,1-3H2,(H,19,21)/b5-4-/t14-,15+/m1/s1. The predicted octanol–water partition coefficient (Wildman–Crippen LogP) is 2.20. The summed E-state index contributed by atoms with van der Waals surface area (Å²) in [5.74, 6) is -0.0520. The molecule has 3 rings (SSSR count). The first-order valence-electron chi connectivity index (χ1n) is 7.19. The molecule has 0 spiro atoms. The van der Waals surface area contributed by atoms with E-state index < -0.39 is 0 Å². The summed E-state index contributed by atoms with van der Waals surface area (Å²) in [7, 11) is 0. The highest BCUT2D eigenvalue weighted by molar-refractivity contribution is 5.91. The van der Waals surface area contributed by atoms with Gasteiger partial charge < -0.3 is 9.88 Å². The Morgan fingerprint density at radius 2 is 2.10 bits per heavy atom. The van der Waals surface area contributed by atoms with Crippen molar-refractivity contribution in [2.75, 3.05) is 0 Å². The van der Waals surface area contributed by atoms with Crippen molar-refractivity contribution >= 4 is 12.0 Å². The molecule has 2 heterocycles. The van der Waals surface area contributed by atoms with Gasteiger partial charge in [-0.05, 0) is 43.0 Å². The molecule has 0 unspecified atom stereocenters. The fraction of sp³-hybridized carbons (Fsp3) is 0.312. The van der Waals surface area contributed by atoms with Crippen LogP contribution in [-0.2, 0) is 4.79 Å². The van der Waals surface area contributed by atoms with Crippen molar-refractivity contribution in [3.63, 3.8) is 0 Å². The number of carbonyl (C=O) groups excluding carboxylic acids is 1. The summed E-state index contributed by atoms with van der Waals surface area (Å²) < 4.78 is 2.09. The highest BCUT2D eigenvalue weighted by Gasteiger charge is 2.28. The van der Waals surface area contributed by atoms with Crippen molar-refractivity contribution < 1.29 is 4.79 Å². The van der Waals surface area contributed by atoms with Gasteiger partial charge in [0.15, 0.2) is 0 Å². The van der Waals surface area contributed by atoms with Crippen LogP contribution in [0.1, 0.15) is 30.9 Å². The lowest BCUT2D eigenvalue weighted by molar-refractivity contribution is -0.117. The molecule has 0 aliphatic heterocycles. The minimum Gasteiger partial charge on any atom is -0.348 e. The minimum absolute atomic E-state index is 0.0520. The number of imidazole rings is 1. The highest BCUT2D eigenvalue weighted by atomic mass is 16.1. The molecule has 1 saturated carbocycles. The molecule has 2 aromatic heterocycles. The smallest absolute Gasteiger partial charge is 0.244 e. The fourth-order valence-corrected chi connectivity index (χ4v) is 2.81. The van der Waals surface area contributed by atoms with Crippen LogP contribution in [0.5, 0.6) is 0 Å². The van der Waals surface area contributed by atoms with Crippen LogP contribution in [0.25, 0.3) is 6.08 Å². The maximum absolute atomic E-state index is 12.0. The maximum atomic E-state index is 12.0. The number of hydrogen-bond acceptors (Lipinski definition) is 3. The zero-order valence-electron chi connectivity index (χ0n) is 11.7. The molecule has 5 nitrogen and oxygen atoms in total. The summed E-state index contributed by atoms with van der Waals surface area (Å²) in [6.07, 6.45) is 15.6. The first-order chi connectivity index (χ1) is 10.3. The second-order valence-electron chi connectivity index (χ2n) is 5.24. The van der Waals surface area contributed by atoms with E-state index in [4.69, 9.17) is 0 Å². The molecule has 108 valence electrons. The van der Waals surface area contributed by atoms with Crippen LogP contribution < -0.4 is 5.32 Å². The van der Waals surface area contributed by atoms with Crippen LogP contribution in [0.2, 0.25) is 0 Å². The lowest BCUT2D eigenvalue weighted by Gasteiger charge is -2.21. The first-order valence-corrected chi connectivity index (χ1v) is 7.19. The van der Waals surface area contributed by atoms with Crippen molar-refractivity contribution in [3.8, 4) is 0 Å². The van der Waals surface area contributed by atoms with Crippen molar-refractivity contribution in [1.29, 1.82) is 0 Å². The third kappa shape index (κ3) is 3.37. The predicted molar refractivity (Wildman–Crippen MR) is 80.3 cm³/mol. The molecule has 1 fully saturated rings. The third-order valence-electron chi connectivity index (χ3n) is 3.85. The number of aromatic nitrogens is 3. The van der Waals surface area contributed by atoms with E-state index in [0.717, 1.165) is 24.8 Å². The molecule has 1 N–H and O–H groups in total. The second-order valence-corrected chi connectivity index (χ2v) is 5.24. The maximum Gasteiger partial charge on any atom is 0.244 e. The fourth-order valence-electron chi connectivity index (χ4n) is 2.81. The van der Waals surface area contributed by atoms with Crippen LogP contribution in [0.3, 0.4) is 0 Å². The molecule has 0 bridgehead atoms. The normalized spacial score (nSPS) is 21.7. The molecule has 1 aliphatic carbocycles. The number of carbonyl (C=O) groups is 1. The Labute approximate surface area is 123 Å². The van der Waals surface area contributed by atoms with Gasteiger partial charge in [0.2, 0.25) is 5.91 Å². The Kier molecular flexibility index (Phi) is 4.09. The lowest BCUT2D eigenvalue weighted by atomic mass is 10.1. The number of hydrogen-bond donors (Lipinski definition) is 1. The average molecular weight is 282 g/mol. The number of nitrogens with one attached hydrogen (secondary N) is 1. The third-order valence-corrected chi connectivity index (χ3v) is 3.85. The number of pyridine rings is 1. The van der Waals surface area contributed by atoms with E-state index in [-0.39, 0.29) is 11.9 Å². The van der Waals surface area contributed by atoms with Gasteiger partial charge in [0.05, 0.1) is 12.4 Å². The summed E-state index contributed by atoms with van der Waals surface area (Å²) in [4.78, 5) is 20.1. The van der Waals surface area contributed by atoms with E-state index in [1.54, 1.807) is 30.7 Å². The molecule has 1 aliphatic rings. The van der Waals surface area contributed by atoms with E-state index in [1.165, 1.54) is 0 Å². The lowest BCUT2D eigenvalue weighted by Crippen LogP contribution is -2.37. The highest BCUT2D eigenvalue weighted by Crippen LogP contribution is 2.29. The van der Waals surface area contributed by atoms with Gasteiger partial charge in [0.25, 0.3) is 0 Å². The molecule has 2 aromatic rings. The van der Waals surface area contributed by atoms with Gasteiger partial charge in [0, 0.05) is 36.9 Å². The summed E-state index contributed by atoms with van der Waals surface area (Å²) in [6, 6.07) is 4.22. The number of amides is 1. The van der Waals surface area contributed by atoms with Crippen LogP contribution in [0, 0.1) is 0 Å². The Balaban J connectivity index is 1.61. The van der Waals surface area contributed by atoms with Crippen molar-refractivity contribution in [1.82, 2.24) is 19.9 Å². The molecule has 5 heteroatoms. The summed E-state index contributed by atoms with van der Waals surface area (Å²) >= 11 is 0. The van der Waals surface area contributed by atoms with Gasteiger partial charge in [-0.2, -0.15) is 0 Å². The average Bonchev–Trinajstić information content (AvgIpc) is 3.17. The topological polar surface area (TPSA) is 59.8 Å². The number of rotatable bonds is 4. The largest absolute Gasteiger partial charge is 0.348 e. The first kappa shape index (κ1) is 13.5. The Bertz CT molecular complexity index is 606. The van der Waals surface area contributed by atoms with E-state index in [2.05, 4.69) is 19.9 Å². The molecular formula is C16H18N4O. The van der Waals surface area contributed by atoms with Crippen LogP contribution in [-0.4, -0.2) is 26.5 Å². The SMILES string of the molecule is O=C(/C=C\c1ccncc1)N[C@@H]1CCC[C@@H]1n1ccnc1. The van der Waals surface area contributed by atoms with E-state index in [0.29, 0.717) is 6.04 Å². The van der Waals surface area contributed by atoms with Gasteiger partial charge >= 0.3 is 0 Å². The van der Waals surface area contributed by atoms with E-state index in [1.807, 2.05) is 24.7 Å². The Morgan fingerprint density at radius 3 is 2.86 bits per heavy atom. The van der Waals surface area contributed by atoms with Crippen LogP contribution >= 0.6 is 0 Å². The molecule has 1 amide bonds. The monoisotopic (exact) mass is 282 g/mol. The van der Waals surface area contributed by atoms with Crippen LogP contribution in [0.15, 0.2) is 49.3 Å². The molecular weight excluding hydrogens is 264 g/mol. The van der Waals surface area contributed by atoms with E-state index >= 15 is 0 Å². The van der Waals surface area contributed by atoms with Crippen molar-refractivity contribution in [3.05, 3.63) is 54.9 Å². The molecule has 2 atom stereocenters. The Hall–Kier alpha value is -2.43. The Morgan fingerprint density at radius 1 is 1.24 bits per heavy atom. The molecule has 21 heavy (non-hydrogen) atoms. The second kappa shape index (κ2) is 6.35. The summed E-state index contributed by atoms with van der Waals surface area (Å²) in [5, 5.41) is 3.10. The minimum atomic E-state index is -0.0520. The summed E-state index contributed by atoms with van der Waals surface area (Å²) in [5.41, 5.74) is 0.970. The van der Waals surface area contributed by atoms with Gasteiger partial charge in [-0.3, -0.25) is 9.78 Å². The summed E-state index contributed by atoms with van der Waals surface area (Å²) in [6.45, 7) is 0. The van der Waals surface area contributed by atoms with Crippen molar-refractivity contribution in [2.45, 2.75) is 31.3 Å². The number of nitrogens with zero attached hydrogens (tertiary/aromatic N) is 3. The zero-order chi connectivity index (χ0) is 14.5. The van der Waals surface area contributed by atoms with Crippen molar-refractivity contribution in [2.24, 2.45) is 0 Å². The van der Waals surface area contributed by atoms with Gasteiger partial charge in [-0.1, -0.05) is 0 Å². The molecule has 0 saturated heterocycles. The van der Waals surface area contributed by atoms with Gasteiger partial charge in [-0.15, -0.1) is 0 Å². The van der Waals surface area contributed by atoms with Gasteiger partial charge in [0.1, 0.15) is 0 Å². The molecule has 0 aromatic carbocycles.